The van der Waals surface area contributed by atoms with E-state index < -0.39 is 15.3 Å². The van der Waals surface area contributed by atoms with E-state index in [-0.39, 0.29) is 72.1 Å². The van der Waals surface area contributed by atoms with Gasteiger partial charge in [-0.1, -0.05) is 0 Å². The molecule has 0 aromatic heterocycles. The molecule has 3 aliphatic heterocycles. The van der Waals surface area contributed by atoms with E-state index in [1.807, 2.05) is 57.2 Å². The van der Waals surface area contributed by atoms with Gasteiger partial charge in [-0.15, -0.1) is 0 Å². The molecule has 25 nitrogen and oxygen atoms in total. The zero-order valence-electron chi connectivity index (χ0n) is 36.7. The third-order valence-electron chi connectivity index (χ3n) is 8.59. The van der Waals surface area contributed by atoms with Crippen LogP contribution in [0.25, 0.3) is 0 Å². The maximum absolute atomic E-state index is 11.0. The summed E-state index contributed by atoms with van der Waals surface area (Å²) in [6.07, 6.45) is 10.4. The smallest absolute Gasteiger partial charge is 0.507 e. The molecule has 66 heavy (non-hydrogen) atoms. The van der Waals surface area contributed by atoms with Crippen molar-refractivity contribution in [1.82, 2.24) is 9.80 Å². The number of aryl methyl sites for hydroxylation is 3. The predicted molar refractivity (Wildman–Crippen MR) is 249 cm³/mol. The van der Waals surface area contributed by atoms with E-state index in [0.29, 0.717) is 112 Å². The van der Waals surface area contributed by atoms with Crippen molar-refractivity contribution in [3.05, 3.63) is 132 Å². The Kier molecular flexibility index (Phi) is 33.3. The van der Waals surface area contributed by atoms with Crippen molar-refractivity contribution in [2.75, 3.05) is 85.6 Å². The van der Waals surface area contributed by atoms with E-state index in [1.54, 1.807) is 37.3 Å². The second-order valence-electron chi connectivity index (χ2n) is 13.4. The molecule has 0 radical (unpaired) electrons. The van der Waals surface area contributed by atoms with Gasteiger partial charge in [0.15, 0.2) is 0 Å². The maximum atomic E-state index is 11.0. The largest absolute Gasteiger partial charge is 3.00 e. The van der Waals surface area contributed by atoms with Gasteiger partial charge in [0, 0.05) is 117 Å². The summed E-state index contributed by atoms with van der Waals surface area (Å²) in [5.41, 5.74) is 6.98. The van der Waals surface area contributed by atoms with Crippen LogP contribution in [0, 0.1) is 116 Å². The van der Waals surface area contributed by atoms with Gasteiger partial charge in [-0.05, 0) is 73.9 Å². The Labute approximate surface area is 420 Å². The Balaban J connectivity index is 0. The molecule has 3 heterocycles. The van der Waals surface area contributed by atoms with Gasteiger partial charge in [0.2, 0.25) is 0 Å². The molecule has 0 fully saturated rings. The van der Waals surface area contributed by atoms with E-state index in [2.05, 4.69) is 39.8 Å². The summed E-state index contributed by atoms with van der Waals surface area (Å²) in [5.74, 6) is 0.490. The number of nitrogens with zero attached hydrogens (tertiary/aromatic N) is 11. The summed E-state index contributed by atoms with van der Waals surface area (Å²) in [4.78, 5) is 57.2. The zero-order chi connectivity index (χ0) is 48.0. The summed E-state index contributed by atoms with van der Waals surface area (Å²) < 4.78 is 0. The third kappa shape index (κ3) is 26.8. The van der Waals surface area contributed by atoms with Gasteiger partial charge >= 0.3 is 49.4 Å². The summed E-state index contributed by atoms with van der Waals surface area (Å²) in [5, 5.41) is 84.4. The van der Waals surface area contributed by atoms with Gasteiger partial charge in [-0.3, -0.25) is 39.8 Å². The maximum Gasteiger partial charge on any atom is 3.00 e. The van der Waals surface area contributed by atoms with Gasteiger partial charge < -0.3 is 71.9 Å². The minimum atomic E-state index is -1.75. The first kappa shape index (κ1) is 62.2. The zero-order valence-corrected chi connectivity index (χ0v) is 39.1. The summed E-state index contributed by atoms with van der Waals surface area (Å²) in [6, 6.07) is 11.5. The molecule has 6 N–H and O–H groups in total. The van der Waals surface area contributed by atoms with E-state index in [0.717, 1.165) is 23.8 Å². The Bertz CT molecular complexity index is 1790. The quantitative estimate of drug-likeness (QED) is 0.185. The molecule has 6 rings (SSSR count). The minimum Gasteiger partial charge on any atom is -0.507 e. The standard InChI is InChI=1S/C39H48N8O3.CH4O.Eu.3NO3.H2O/c1-28-16-31-22-40-4-10-46-12-6-42-24-33-18-29(2)19-34(38(33)49)25-43-7-13-47(11-5-41-23-32(17-28)37(31)48)15-9-45-27-36-21-30(3)20-35(39(36)50)26-44-8-14-46;1-2;;3*2-1(3)4;/h16-27,48-50H,4-15H2,1-3H3;2H,1H3;;;;;1H2/q;;+3;3*-1;. The number of aromatic hydroxyl groups is 3. The van der Waals surface area contributed by atoms with Gasteiger partial charge in [0.25, 0.3) is 0 Å². The van der Waals surface area contributed by atoms with Crippen LogP contribution in [0.4, 0.5) is 0 Å². The molecule has 8 bridgehead atoms. The number of aliphatic hydroxyl groups is 1. The van der Waals surface area contributed by atoms with Crippen LogP contribution in [0.2, 0.25) is 0 Å². The first-order valence-electron chi connectivity index (χ1n) is 19.3. The molecule has 26 heteroatoms. The number of aliphatic imine (C=N–C) groups is 6. The normalized spacial score (nSPS) is 16.0. The van der Waals surface area contributed by atoms with Crippen LogP contribution in [-0.4, -0.2) is 174 Å². The number of fused-ring (bicyclic) bond motifs is 12. The first-order valence-corrected chi connectivity index (χ1v) is 19.3. The van der Waals surface area contributed by atoms with Crippen molar-refractivity contribution < 1.29 is 90.5 Å². The number of benzene rings is 3. The van der Waals surface area contributed by atoms with Gasteiger partial charge in [-0.2, -0.15) is 0 Å². The van der Waals surface area contributed by atoms with Gasteiger partial charge in [0.1, 0.15) is 17.2 Å². The van der Waals surface area contributed by atoms with Crippen molar-refractivity contribution in [1.29, 1.82) is 0 Å². The van der Waals surface area contributed by atoms with Crippen LogP contribution in [0.5, 0.6) is 17.2 Å². The topological polar surface area (TPSA) is 392 Å². The number of phenols is 3. The van der Waals surface area contributed by atoms with E-state index >= 15 is 0 Å². The second kappa shape index (κ2) is 35.4. The molecular weight excluding hydrogens is 1010 g/mol. The molecule has 3 aromatic rings. The van der Waals surface area contributed by atoms with Crippen molar-refractivity contribution >= 4 is 37.3 Å². The predicted octanol–water partition coefficient (Wildman–Crippen LogP) is 2.34. The van der Waals surface area contributed by atoms with E-state index in [9.17, 15) is 15.3 Å². The minimum absolute atomic E-state index is 0. The molecule has 0 spiro atoms. The monoisotopic (exact) mass is 1070 g/mol. The van der Waals surface area contributed by atoms with Crippen LogP contribution in [0.3, 0.4) is 0 Å². The van der Waals surface area contributed by atoms with Crippen LogP contribution < -0.4 is 0 Å². The second-order valence-corrected chi connectivity index (χ2v) is 13.4. The van der Waals surface area contributed by atoms with Gasteiger partial charge in [0.05, 0.1) is 54.5 Å². The molecule has 0 saturated carbocycles. The number of aliphatic hydroxyl groups excluding tert-OH is 1. The summed E-state index contributed by atoms with van der Waals surface area (Å²) >= 11 is 0. The molecule has 3 aromatic carbocycles. The molecular formula is C40H54EuN11O14. The number of rotatable bonds is 0. The number of phenolic OH excluding ortho intramolecular Hbond substituents is 3. The average molecular weight is 1060 g/mol. The van der Waals surface area contributed by atoms with Crippen LogP contribution in [0.15, 0.2) is 66.4 Å². The molecule has 0 atom stereocenters. The Hall–Kier alpha value is -5.90. The fourth-order valence-corrected chi connectivity index (χ4v) is 5.94. The van der Waals surface area contributed by atoms with Gasteiger partial charge in [-0.25, -0.2) is 0 Å². The fraction of sp³-hybridized carbons (Fsp3) is 0.400. The Morgan fingerprint density at radius 3 is 0.682 bits per heavy atom. The molecule has 0 aliphatic carbocycles. The van der Waals surface area contributed by atoms with Crippen LogP contribution in [0.1, 0.15) is 50.1 Å². The fourth-order valence-electron chi connectivity index (χ4n) is 5.94. The van der Waals surface area contributed by atoms with Crippen molar-refractivity contribution in [2.45, 2.75) is 20.8 Å². The molecule has 0 amide bonds. The first-order chi connectivity index (χ1) is 30.5. The van der Waals surface area contributed by atoms with Crippen molar-refractivity contribution in [2.24, 2.45) is 30.0 Å². The van der Waals surface area contributed by atoms with Crippen LogP contribution >= 0.6 is 0 Å². The Morgan fingerprint density at radius 2 is 0.545 bits per heavy atom. The number of hydrogen-bond donors (Lipinski definition) is 4. The van der Waals surface area contributed by atoms with Crippen molar-refractivity contribution in [3.8, 4) is 17.2 Å². The number of hydrogen-bond acceptors (Lipinski definition) is 21. The van der Waals surface area contributed by atoms with E-state index in [1.165, 1.54) is 0 Å². The average Bonchev–Trinajstić information content (AvgIpc) is 3.21. The van der Waals surface area contributed by atoms with E-state index in [4.69, 9.17) is 51.1 Å². The molecule has 0 saturated heterocycles. The molecule has 360 valence electrons. The van der Waals surface area contributed by atoms with Crippen LogP contribution in [-0.2, 0) is 0 Å². The SMILES string of the molecule is CO.Cc1cc2c(O)c(c1)C=NCCN1CCN=Cc3cc(C)cc(c3O)C=NCCN(CCN=C2)CCN=Cc2cc(C)cc(c2O)C=NCC1.O.O=[N+]([O-])[O-].O=[N+]([O-])[O-].O=[N+]([O-])[O-].[Eu+3]. The summed E-state index contributed by atoms with van der Waals surface area (Å²) in [7, 11) is 1.00. The molecule has 0 unspecified atom stereocenters. The summed E-state index contributed by atoms with van der Waals surface area (Å²) in [6.45, 7) is 13.0. The third-order valence-corrected chi connectivity index (χ3v) is 8.59. The molecule has 3 aliphatic rings. The Morgan fingerprint density at radius 1 is 0.409 bits per heavy atom. The van der Waals surface area contributed by atoms with Crippen molar-refractivity contribution in [3.63, 3.8) is 0 Å².